The first-order valence-corrected chi connectivity index (χ1v) is 6.78. The van der Waals surface area contributed by atoms with Gasteiger partial charge in [0.05, 0.1) is 6.04 Å². The highest BCUT2D eigenvalue weighted by atomic mass is 16.6. The summed E-state index contributed by atoms with van der Waals surface area (Å²) in [6, 6.07) is -1.80. The second-order valence-corrected chi connectivity index (χ2v) is 5.76. The number of ether oxygens (including phenoxy) is 1. The zero-order chi connectivity index (χ0) is 16.6. The maximum Gasteiger partial charge on any atom is 0.407 e. The SMILES string of the molecule is C[C@@H](N)C(=O)NC(CCCNC(=O)OC(C)(C)C)C(=O)O. The Hall–Kier alpha value is -1.83. The first kappa shape index (κ1) is 19.2. The summed E-state index contributed by atoms with van der Waals surface area (Å²) in [6.07, 6.45) is 0.00737. The lowest BCUT2D eigenvalue weighted by Crippen LogP contribution is -2.47. The second kappa shape index (κ2) is 8.46. The number of hydrogen-bond acceptors (Lipinski definition) is 5. The molecule has 0 aliphatic rings. The van der Waals surface area contributed by atoms with E-state index in [2.05, 4.69) is 10.6 Å². The standard InChI is InChI=1S/C13H25N3O5/c1-8(14)10(17)16-9(11(18)19)6-5-7-15-12(20)21-13(2,3)4/h8-9H,5-7,14H2,1-4H3,(H,15,20)(H,16,17)(H,18,19)/t8-,9?/m1/s1. The molecule has 0 saturated carbocycles. The predicted octanol–water partition coefficient (Wildman–Crippen LogP) is 0.208. The molecule has 8 heteroatoms. The van der Waals surface area contributed by atoms with Gasteiger partial charge in [-0.25, -0.2) is 9.59 Å². The van der Waals surface area contributed by atoms with Crippen molar-refractivity contribution in [3.05, 3.63) is 0 Å². The van der Waals surface area contributed by atoms with E-state index in [4.69, 9.17) is 15.6 Å². The number of carboxylic acids is 1. The van der Waals surface area contributed by atoms with Crippen molar-refractivity contribution in [2.75, 3.05) is 6.54 Å². The molecule has 0 spiro atoms. The lowest BCUT2D eigenvalue weighted by Gasteiger charge is -2.20. The molecule has 0 radical (unpaired) electrons. The van der Waals surface area contributed by atoms with Gasteiger partial charge in [-0.3, -0.25) is 4.79 Å². The lowest BCUT2D eigenvalue weighted by molar-refractivity contribution is -0.142. The zero-order valence-corrected chi connectivity index (χ0v) is 12.9. The summed E-state index contributed by atoms with van der Waals surface area (Å²) in [5, 5.41) is 13.9. The molecule has 122 valence electrons. The summed E-state index contributed by atoms with van der Waals surface area (Å²) in [5.74, 6) is -1.66. The molecule has 0 fully saturated rings. The molecule has 0 aliphatic heterocycles. The molecule has 0 aliphatic carbocycles. The van der Waals surface area contributed by atoms with Crippen molar-refractivity contribution in [1.82, 2.24) is 10.6 Å². The summed E-state index contributed by atoms with van der Waals surface area (Å²) < 4.78 is 5.04. The molecule has 0 aromatic heterocycles. The molecular formula is C13H25N3O5. The molecule has 2 amide bonds. The Balaban J connectivity index is 4.08. The van der Waals surface area contributed by atoms with Gasteiger partial charge < -0.3 is 26.2 Å². The Kier molecular flexibility index (Phi) is 7.72. The second-order valence-electron chi connectivity index (χ2n) is 5.76. The molecule has 0 saturated heterocycles. The number of hydrogen-bond donors (Lipinski definition) is 4. The number of carbonyl (C=O) groups is 3. The minimum Gasteiger partial charge on any atom is -0.480 e. The van der Waals surface area contributed by atoms with Crippen molar-refractivity contribution in [2.24, 2.45) is 5.73 Å². The van der Waals surface area contributed by atoms with Gasteiger partial charge in [0.2, 0.25) is 5.91 Å². The quantitative estimate of drug-likeness (QED) is 0.497. The third-order valence-corrected chi connectivity index (χ3v) is 2.37. The van der Waals surface area contributed by atoms with Crippen LogP contribution in [0, 0.1) is 0 Å². The van der Waals surface area contributed by atoms with Crippen molar-refractivity contribution in [3.63, 3.8) is 0 Å². The molecule has 0 rings (SSSR count). The summed E-state index contributed by atoms with van der Waals surface area (Å²) in [6.45, 7) is 6.97. The zero-order valence-electron chi connectivity index (χ0n) is 12.9. The first-order chi connectivity index (χ1) is 9.53. The maximum absolute atomic E-state index is 11.4. The summed E-state index contributed by atoms with van der Waals surface area (Å²) in [7, 11) is 0. The first-order valence-electron chi connectivity index (χ1n) is 6.78. The lowest BCUT2D eigenvalue weighted by atomic mass is 10.1. The van der Waals surface area contributed by atoms with Crippen LogP contribution in [0.4, 0.5) is 4.79 Å². The van der Waals surface area contributed by atoms with Crippen LogP contribution in [-0.2, 0) is 14.3 Å². The average molecular weight is 303 g/mol. The van der Waals surface area contributed by atoms with Crippen molar-refractivity contribution < 1.29 is 24.2 Å². The van der Waals surface area contributed by atoms with E-state index in [9.17, 15) is 14.4 Å². The van der Waals surface area contributed by atoms with Crippen LogP contribution < -0.4 is 16.4 Å². The summed E-state index contributed by atoms with van der Waals surface area (Å²) in [5.41, 5.74) is 4.77. The molecule has 1 unspecified atom stereocenters. The molecule has 2 atom stereocenters. The van der Waals surface area contributed by atoms with Crippen molar-refractivity contribution in [1.29, 1.82) is 0 Å². The highest BCUT2D eigenvalue weighted by molar-refractivity contribution is 5.86. The number of carboxylic acid groups (broad SMARTS) is 1. The van der Waals surface area contributed by atoms with Gasteiger partial charge in [0.1, 0.15) is 11.6 Å². The minimum absolute atomic E-state index is 0.184. The highest BCUT2D eigenvalue weighted by Crippen LogP contribution is 2.06. The number of alkyl carbamates (subject to hydrolysis) is 1. The molecule has 5 N–H and O–H groups in total. The topological polar surface area (TPSA) is 131 Å². The van der Waals surface area contributed by atoms with Gasteiger partial charge >= 0.3 is 12.1 Å². The van der Waals surface area contributed by atoms with Crippen LogP contribution in [0.3, 0.4) is 0 Å². The molecule has 21 heavy (non-hydrogen) atoms. The van der Waals surface area contributed by atoms with Gasteiger partial charge in [0, 0.05) is 6.54 Å². The summed E-state index contributed by atoms with van der Waals surface area (Å²) in [4.78, 5) is 33.7. The van der Waals surface area contributed by atoms with Crippen LogP contribution in [0.25, 0.3) is 0 Å². The van der Waals surface area contributed by atoms with E-state index in [-0.39, 0.29) is 13.0 Å². The van der Waals surface area contributed by atoms with E-state index in [1.165, 1.54) is 6.92 Å². The van der Waals surface area contributed by atoms with Gasteiger partial charge in [0.25, 0.3) is 0 Å². The van der Waals surface area contributed by atoms with Gasteiger partial charge in [0.15, 0.2) is 0 Å². The Morgan fingerprint density at radius 2 is 1.86 bits per heavy atom. The third-order valence-electron chi connectivity index (χ3n) is 2.37. The normalized spacial score (nSPS) is 14.0. The smallest absolute Gasteiger partial charge is 0.407 e. The fraction of sp³-hybridized carbons (Fsp3) is 0.769. The van der Waals surface area contributed by atoms with Gasteiger partial charge in [-0.1, -0.05) is 0 Å². The number of amides is 2. The van der Waals surface area contributed by atoms with E-state index in [0.29, 0.717) is 6.42 Å². The fourth-order valence-electron chi connectivity index (χ4n) is 1.37. The van der Waals surface area contributed by atoms with Crippen molar-refractivity contribution >= 4 is 18.0 Å². The Morgan fingerprint density at radius 3 is 2.29 bits per heavy atom. The third kappa shape index (κ3) is 9.67. The van der Waals surface area contributed by atoms with E-state index < -0.39 is 35.7 Å². The van der Waals surface area contributed by atoms with Crippen LogP contribution in [0.2, 0.25) is 0 Å². The van der Waals surface area contributed by atoms with E-state index in [1.807, 2.05) is 0 Å². The van der Waals surface area contributed by atoms with Gasteiger partial charge in [-0.15, -0.1) is 0 Å². The Bertz CT molecular complexity index is 376. The number of carbonyl (C=O) groups excluding carboxylic acids is 2. The molecular weight excluding hydrogens is 278 g/mol. The predicted molar refractivity (Wildman–Crippen MR) is 76.7 cm³/mol. The monoisotopic (exact) mass is 303 g/mol. The van der Waals surface area contributed by atoms with Gasteiger partial charge in [-0.05, 0) is 40.5 Å². The molecule has 0 heterocycles. The van der Waals surface area contributed by atoms with Crippen LogP contribution in [0.5, 0.6) is 0 Å². The van der Waals surface area contributed by atoms with Crippen LogP contribution in [-0.4, -0.2) is 47.3 Å². The van der Waals surface area contributed by atoms with E-state index in [0.717, 1.165) is 0 Å². The molecule has 0 bridgehead atoms. The minimum atomic E-state index is -1.14. The molecule has 0 aromatic carbocycles. The average Bonchev–Trinajstić information content (AvgIpc) is 2.29. The van der Waals surface area contributed by atoms with Crippen LogP contribution >= 0.6 is 0 Å². The van der Waals surface area contributed by atoms with Crippen molar-refractivity contribution in [3.8, 4) is 0 Å². The van der Waals surface area contributed by atoms with Gasteiger partial charge in [-0.2, -0.15) is 0 Å². The molecule has 0 aromatic rings. The number of nitrogens with one attached hydrogen (secondary N) is 2. The fourth-order valence-corrected chi connectivity index (χ4v) is 1.37. The number of rotatable bonds is 7. The Morgan fingerprint density at radius 1 is 1.29 bits per heavy atom. The largest absolute Gasteiger partial charge is 0.480 e. The van der Waals surface area contributed by atoms with Crippen LogP contribution in [0.1, 0.15) is 40.5 Å². The van der Waals surface area contributed by atoms with Crippen LogP contribution in [0.15, 0.2) is 0 Å². The Labute approximate surface area is 124 Å². The number of aliphatic carboxylic acids is 1. The molecule has 8 nitrogen and oxygen atoms in total. The highest BCUT2D eigenvalue weighted by Gasteiger charge is 2.21. The van der Waals surface area contributed by atoms with E-state index >= 15 is 0 Å². The van der Waals surface area contributed by atoms with E-state index in [1.54, 1.807) is 20.8 Å². The maximum atomic E-state index is 11.4. The van der Waals surface area contributed by atoms with Crippen molar-refractivity contribution in [2.45, 2.75) is 58.2 Å². The number of nitrogens with two attached hydrogens (primary N) is 1. The summed E-state index contributed by atoms with van der Waals surface area (Å²) >= 11 is 0.